The summed E-state index contributed by atoms with van der Waals surface area (Å²) in [5.74, 6) is 0.436. The van der Waals surface area contributed by atoms with E-state index in [4.69, 9.17) is 4.74 Å². The molecule has 0 bridgehead atoms. The summed E-state index contributed by atoms with van der Waals surface area (Å²) < 4.78 is 19.5. The lowest BCUT2D eigenvalue weighted by Crippen LogP contribution is -2.03. The van der Waals surface area contributed by atoms with Gasteiger partial charge in [-0.1, -0.05) is 30.3 Å². The lowest BCUT2D eigenvalue weighted by atomic mass is 10.0. The molecule has 3 rings (SSSR count). The molecule has 2 aromatic carbocycles. The minimum atomic E-state index is -0.277. The summed E-state index contributed by atoms with van der Waals surface area (Å²) in [6, 6.07) is 14.6. The highest BCUT2D eigenvalue weighted by Crippen LogP contribution is 2.29. The fourth-order valence-electron chi connectivity index (χ4n) is 2.38. The molecule has 0 saturated heterocycles. The van der Waals surface area contributed by atoms with Crippen LogP contribution in [0.25, 0.3) is 11.4 Å². The standard InChI is InChI=1S/C18H17FN2O/c1-13(22-12-14-5-3-2-4-6-14)17-11-15(19)7-8-16(17)18-20-9-10-21-18/h2-11,13H,12H2,1H3,(H,20,21). The number of hydrogen-bond donors (Lipinski definition) is 1. The Labute approximate surface area is 128 Å². The summed E-state index contributed by atoms with van der Waals surface area (Å²) in [6.45, 7) is 2.40. The van der Waals surface area contributed by atoms with Crippen molar-refractivity contribution in [3.8, 4) is 11.4 Å². The molecule has 22 heavy (non-hydrogen) atoms. The van der Waals surface area contributed by atoms with E-state index in [1.54, 1.807) is 18.5 Å². The van der Waals surface area contributed by atoms with E-state index in [-0.39, 0.29) is 11.9 Å². The lowest BCUT2D eigenvalue weighted by Gasteiger charge is -2.17. The highest BCUT2D eigenvalue weighted by molar-refractivity contribution is 5.60. The minimum absolute atomic E-state index is 0.240. The molecule has 0 aliphatic rings. The normalized spacial score (nSPS) is 12.3. The zero-order valence-corrected chi connectivity index (χ0v) is 12.3. The van der Waals surface area contributed by atoms with Crippen LogP contribution in [0.1, 0.15) is 24.2 Å². The van der Waals surface area contributed by atoms with E-state index >= 15 is 0 Å². The maximum atomic E-state index is 13.6. The molecule has 1 atom stereocenters. The first-order chi connectivity index (χ1) is 10.7. The molecule has 1 aromatic heterocycles. The summed E-state index contributed by atoms with van der Waals surface area (Å²) in [4.78, 5) is 7.30. The molecule has 0 amide bonds. The Morgan fingerprint density at radius 1 is 1.18 bits per heavy atom. The maximum Gasteiger partial charge on any atom is 0.137 e. The number of ether oxygens (including phenoxy) is 1. The molecule has 0 radical (unpaired) electrons. The van der Waals surface area contributed by atoms with Gasteiger partial charge in [0.05, 0.1) is 12.7 Å². The van der Waals surface area contributed by atoms with Gasteiger partial charge in [-0.2, -0.15) is 0 Å². The van der Waals surface area contributed by atoms with Crippen molar-refractivity contribution in [2.45, 2.75) is 19.6 Å². The van der Waals surface area contributed by atoms with Gasteiger partial charge in [-0.25, -0.2) is 9.37 Å². The van der Waals surface area contributed by atoms with Crippen molar-refractivity contribution in [1.29, 1.82) is 0 Å². The number of hydrogen-bond acceptors (Lipinski definition) is 2. The van der Waals surface area contributed by atoms with E-state index < -0.39 is 0 Å². The first-order valence-electron chi connectivity index (χ1n) is 7.19. The monoisotopic (exact) mass is 296 g/mol. The molecular formula is C18H17FN2O. The summed E-state index contributed by atoms with van der Waals surface area (Å²) >= 11 is 0. The zero-order chi connectivity index (χ0) is 15.4. The van der Waals surface area contributed by atoms with Crippen LogP contribution in [-0.4, -0.2) is 9.97 Å². The van der Waals surface area contributed by atoms with E-state index in [0.717, 1.165) is 16.7 Å². The van der Waals surface area contributed by atoms with Crippen LogP contribution in [0, 0.1) is 5.82 Å². The minimum Gasteiger partial charge on any atom is -0.369 e. The van der Waals surface area contributed by atoms with E-state index in [0.29, 0.717) is 12.4 Å². The van der Waals surface area contributed by atoms with Crippen LogP contribution in [0.4, 0.5) is 4.39 Å². The maximum absolute atomic E-state index is 13.6. The van der Waals surface area contributed by atoms with Crippen molar-refractivity contribution < 1.29 is 9.13 Å². The third kappa shape index (κ3) is 3.23. The Morgan fingerprint density at radius 2 is 2.00 bits per heavy atom. The van der Waals surface area contributed by atoms with E-state index in [1.807, 2.05) is 37.3 Å². The molecule has 0 fully saturated rings. The number of aromatic amines is 1. The molecule has 1 unspecified atom stereocenters. The fraction of sp³-hybridized carbons (Fsp3) is 0.167. The van der Waals surface area contributed by atoms with Gasteiger partial charge in [0.2, 0.25) is 0 Å². The SMILES string of the molecule is CC(OCc1ccccc1)c1cc(F)ccc1-c1ncc[nH]1. The predicted octanol–water partition coefficient (Wildman–Crippen LogP) is 4.49. The lowest BCUT2D eigenvalue weighted by molar-refractivity contribution is 0.0527. The average Bonchev–Trinajstić information content (AvgIpc) is 3.08. The molecule has 0 aliphatic heterocycles. The van der Waals surface area contributed by atoms with Crippen LogP contribution in [0.15, 0.2) is 60.9 Å². The van der Waals surface area contributed by atoms with Crippen molar-refractivity contribution in [1.82, 2.24) is 9.97 Å². The van der Waals surface area contributed by atoms with Crippen molar-refractivity contribution in [3.05, 3.63) is 77.9 Å². The molecule has 4 heteroatoms. The van der Waals surface area contributed by atoms with Crippen LogP contribution < -0.4 is 0 Å². The number of aromatic nitrogens is 2. The summed E-state index contributed by atoms with van der Waals surface area (Å²) in [5, 5.41) is 0. The predicted molar refractivity (Wildman–Crippen MR) is 83.6 cm³/mol. The van der Waals surface area contributed by atoms with Gasteiger partial charge in [0.15, 0.2) is 0 Å². The van der Waals surface area contributed by atoms with Gasteiger partial charge in [0.1, 0.15) is 11.6 Å². The smallest absolute Gasteiger partial charge is 0.137 e. The number of nitrogens with one attached hydrogen (secondary N) is 1. The zero-order valence-electron chi connectivity index (χ0n) is 12.3. The van der Waals surface area contributed by atoms with Crippen molar-refractivity contribution in [2.24, 2.45) is 0 Å². The van der Waals surface area contributed by atoms with Crippen LogP contribution in [-0.2, 0) is 11.3 Å². The van der Waals surface area contributed by atoms with Gasteiger partial charge in [0, 0.05) is 18.0 Å². The summed E-state index contributed by atoms with van der Waals surface area (Å²) in [5.41, 5.74) is 2.73. The fourth-order valence-corrected chi connectivity index (χ4v) is 2.38. The van der Waals surface area contributed by atoms with Crippen LogP contribution in [0.5, 0.6) is 0 Å². The quantitative estimate of drug-likeness (QED) is 0.753. The van der Waals surface area contributed by atoms with E-state index in [9.17, 15) is 4.39 Å². The second-order valence-corrected chi connectivity index (χ2v) is 5.11. The Morgan fingerprint density at radius 3 is 2.73 bits per heavy atom. The van der Waals surface area contributed by atoms with E-state index in [1.165, 1.54) is 12.1 Å². The molecule has 1 N–H and O–H groups in total. The third-order valence-electron chi connectivity index (χ3n) is 3.55. The van der Waals surface area contributed by atoms with Gasteiger partial charge in [-0.3, -0.25) is 0 Å². The van der Waals surface area contributed by atoms with Crippen LogP contribution >= 0.6 is 0 Å². The molecule has 0 saturated carbocycles. The number of imidazole rings is 1. The number of benzene rings is 2. The third-order valence-corrected chi connectivity index (χ3v) is 3.55. The Hall–Kier alpha value is -2.46. The van der Waals surface area contributed by atoms with Gasteiger partial charge < -0.3 is 9.72 Å². The summed E-state index contributed by atoms with van der Waals surface area (Å²) in [6.07, 6.45) is 3.19. The highest BCUT2D eigenvalue weighted by atomic mass is 19.1. The van der Waals surface area contributed by atoms with Crippen molar-refractivity contribution in [3.63, 3.8) is 0 Å². The second kappa shape index (κ2) is 6.54. The Balaban J connectivity index is 1.82. The average molecular weight is 296 g/mol. The number of halogens is 1. The Bertz CT molecular complexity index is 726. The number of nitrogens with zero attached hydrogens (tertiary/aromatic N) is 1. The molecule has 1 heterocycles. The van der Waals surface area contributed by atoms with E-state index in [2.05, 4.69) is 9.97 Å². The van der Waals surface area contributed by atoms with Gasteiger partial charge in [-0.15, -0.1) is 0 Å². The van der Waals surface area contributed by atoms with Crippen molar-refractivity contribution >= 4 is 0 Å². The van der Waals surface area contributed by atoms with Crippen molar-refractivity contribution in [2.75, 3.05) is 0 Å². The molecule has 3 aromatic rings. The first kappa shape index (κ1) is 14.5. The molecule has 0 spiro atoms. The summed E-state index contributed by atoms with van der Waals surface area (Å²) in [7, 11) is 0. The number of rotatable bonds is 5. The van der Waals surface area contributed by atoms with Gasteiger partial charge in [0.25, 0.3) is 0 Å². The highest BCUT2D eigenvalue weighted by Gasteiger charge is 2.15. The van der Waals surface area contributed by atoms with Gasteiger partial charge >= 0.3 is 0 Å². The first-order valence-corrected chi connectivity index (χ1v) is 7.19. The van der Waals surface area contributed by atoms with Crippen LogP contribution in [0.3, 0.4) is 0 Å². The second-order valence-electron chi connectivity index (χ2n) is 5.11. The molecule has 0 aliphatic carbocycles. The largest absolute Gasteiger partial charge is 0.369 e. The molecule has 3 nitrogen and oxygen atoms in total. The van der Waals surface area contributed by atoms with Crippen LogP contribution in [0.2, 0.25) is 0 Å². The van der Waals surface area contributed by atoms with Gasteiger partial charge in [-0.05, 0) is 36.2 Å². The molecule has 112 valence electrons. The Kier molecular flexibility index (Phi) is 4.30. The topological polar surface area (TPSA) is 37.9 Å². The molecular weight excluding hydrogens is 279 g/mol. The number of H-pyrrole nitrogens is 1.